The first kappa shape index (κ1) is 17.0. The lowest BCUT2D eigenvalue weighted by molar-refractivity contribution is 0.183. The lowest BCUT2D eigenvalue weighted by Gasteiger charge is -2.34. The van der Waals surface area contributed by atoms with E-state index >= 15 is 0 Å². The van der Waals surface area contributed by atoms with Crippen LogP contribution >= 0.6 is 0 Å². The van der Waals surface area contributed by atoms with Gasteiger partial charge in [0.15, 0.2) is 0 Å². The predicted molar refractivity (Wildman–Crippen MR) is 103 cm³/mol. The van der Waals surface area contributed by atoms with Gasteiger partial charge in [0.25, 0.3) is 0 Å². The molecular weight excluding hydrogens is 322 g/mol. The van der Waals surface area contributed by atoms with E-state index in [9.17, 15) is 0 Å². The zero-order valence-electron chi connectivity index (χ0n) is 14.9. The van der Waals surface area contributed by atoms with Gasteiger partial charge in [-0.15, -0.1) is 0 Å². The van der Waals surface area contributed by atoms with E-state index in [2.05, 4.69) is 63.7 Å². The van der Waals surface area contributed by atoms with Crippen molar-refractivity contribution in [1.29, 1.82) is 0 Å². The van der Waals surface area contributed by atoms with Gasteiger partial charge in [-0.25, -0.2) is 0 Å². The molecule has 1 N–H and O–H groups in total. The van der Waals surface area contributed by atoms with Crippen LogP contribution in [0.4, 0.5) is 0 Å². The van der Waals surface area contributed by atoms with Crippen LogP contribution in [0.15, 0.2) is 77.5 Å². The topological polar surface area (TPSA) is 41.3 Å². The molecule has 134 valence electrons. The Labute approximate surface area is 154 Å². The number of pyridine rings is 1. The second-order valence-corrected chi connectivity index (χ2v) is 6.90. The van der Waals surface area contributed by atoms with Crippen LogP contribution in [0.5, 0.6) is 0 Å². The van der Waals surface area contributed by atoms with Crippen LogP contribution in [0.2, 0.25) is 0 Å². The number of likely N-dealkylation sites (tertiary alicyclic amines) is 1. The smallest absolute Gasteiger partial charge is 0.125 e. The predicted octanol–water partition coefficient (Wildman–Crippen LogP) is 4.02. The highest BCUT2D eigenvalue weighted by Crippen LogP contribution is 2.25. The maximum absolute atomic E-state index is 5.71. The second-order valence-electron chi connectivity index (χ2n) is 6.90. The number of nitrogens with one attached hydrogen (secondary N) is 1. The molecule has 1 aliphatic heterocycles. The first-order valence-corrected chi connectivity index (χ1v) is 9.35. The van der Waals surface area contributed by atoms with Crippen LogP contribution in [0.25, 0.3) is 0 Å². The van der Waals surface area contributed by atoms with Crippen molar-refractivity contribution in [2.45, 2.75) is 31.5 Å². The molecule has 26 heavy (non-hydrogen) atoms. The van der Waals surface area contributed by atoms with E-state index in [0.717, 1.165) is 43.9 Å². The quantitative estimate of drug-likeness (QED) is 0.731. The number of furan rings is 1. The molecule has 0 saturated carbocycles. The Morgan fingerprint density at radius 3 is 2.50 bits per heavy atom. The molecule has 2 aromatic heterocycles. The van der Waals surface area contributed by atoms with Crippen LogP contribution < -0.4 is 5.32 Å². The molecule has 1 aliphatic rings. The lowest BCUT2D eigenvalue weighted by atomic mass is 9.99. The molecule has 1 aromatic carbocycles. The molecule has 0 spiro atoms. The Morgan fingerprint density at radius 2 is 1.81 bits per heavy atom. The second kappa shape index (κ2) is 8.30. The highest BCUT2D eigenvalue weighted by Gasteiger charge is 2.24. The molecule has 1 atom stereocenters. The number of benzene rings is 1. The third-order valence-electron chi connectivity index (χ3n) is 5.06. The SMILES string of the molecule is c1ccc([C@@H](NC2CCN(Cc3ccccn3)CC2)c2ccco2)cc1. The van der Waals surface area contributed by atoms with E-state index in [-0.39, 0.29) is 6.04 Å². The van der Waals surface area contributed by atoms with Crippen molar-refractivity contribution in [3.05, 3.63) is 90.1 Å². The third kappa shape index (κ3) is 4.21. The number of hydrogen-bond acceptors (Lipinski definition) is 4. The van der Waals surface area contributed by atoms with Gasteiger partial charge in [0, 0.05) is 31.9 Å². The van der Waals surface area contributed by atoms with Gasteiger partial charge in [-0.2, -0.15) is 0 Å². The van der Waals surface area contributed by atoms with Gasteiger partial charge in [-0.1, -0.05) is 36.4 Å². The molecule has 0 amide bonds. The van der Waals surface area contributed by atoms with Crippen molar-refractivity contribution in [2.75, 3.05) is 13.1 Å². The Hall–Kier alpha value is -2.43. The summed E-state index contributed by atoms with van der Waals surface area (Å²) in [6, 6.07) is 21.3. The summed E-state index contributed by atoms with van der Waals surface area (Å²) >= 11 is 0. The van der Waals surface area contributed by atoms with Gasteiger partial charge in [-0.3, -0.25) is 9.88 Å². The van der Waals surface area contributed by atoms with Crippen molar-refractivity contribution in [3.63, 3.8) is 0 Å². The number of hydrogen-bond donors (Lipinski definition) is 1. The summed E-state index contributed by atoms with van der Waals surface area (Å²) in [5.41, 5.74) is 2.40. The Bertz CT molecular complexity index is 766. The van der Waals surface area contributed by atoms with Crippen LogP contribution in [0.3, 0.4) is 0 Å². The van der Waals surface area contributed by atoms with E-state index in [1.807, 2.05) is 18.3 Å². The summed E-state index contributed by atoms with van der Waals surface area (Å²) in [6.07, 6.45) is 5.90. The minimum Gasteiger partial charge on any atom is -0.467 e. The summed E-state index contributed by atoms with van der Waals surface area (Å²) in [5.74, 6) is 0.979. The van der Waals surface area contributed by atoms with E-state index in [1.165, 1.54) is 5.56 Å². The number of aromatic nitrogens is 1. The largest absolute Gasteiger partial charge is 0.467 e. The van der Waals surface area contributed by atoms with E-state index in [0.29, 0.717) is 6.04 Å². The summed E-state index contributed by atoms with van der Waals surface area (Å²) in [6.45, 7) is 3.12. The fraction of sp³-hybridized carbons (Fsp3) is 0.318. The van der Waals surface area contributed by atoms with Crippen molar-refractivity contribution in [2.24, 2.45) is 0 Å². The molecule has 1 saturated heterocycles. The molecule has 1 fully saturated rings. The minimum absolute atomic E-state index is 0.110. The lowest BCUT2D eigenvalue weighted by Crippen LogP contribution is -2.43. The van der Waals surface area contributed by atoms with E-state index in [4.69, 9.17) is 4.42 Å². The average Bonchev–Trinajstić information content (AvgIpc) is 3.23. The zero-order valence-corrected chi connectivity index (χ0v) is 14.9. The van der Waals surface area contributed by atoms with Gasteiger partial charge in [0.2, 0.25) is 0 Å². The maximum Gasteiger partial charge on any atom is 0.125 e. The molecule has 4 rings (SSSR count). The highest BCUT2D eigenvalue weighted by molar-refractivity contribution is 5.26. The molecule has 0 radical (unpaired) electrons. The van der Waals surface area contributed by atoms with Crippen molar-refractivity contribution < 1.29 is 4.42 Å². The third-order valence-corrected chi connectivity index (χ3v) is 5.06. The molecule has 0 aliphatic carbocycles. The average molecular weight is 347 g/mol. The first-order valence-electron chi connectivity index (χ1n) is 9.35. The van der Waals surface area contributed by atoms with Crippen LogP contribution in [0.1, 0.15) is 35.9 Å². The summed E-state index contributed by atoms with van der Waals surface area (Å²) < 4.78 is 5.71. The van der Waals surface area contributed by atoms with Crippen molar-refractivity contribution >= 4 is 0 Å². The van der Waals surface area contributed by atoms with E-state index in [1.54, 1.807) is 6.26 Å². The van der Waals surface area contributed by atoms with Crippen LogP contribution in [-0.4, -0.2) is 29.0 Å². The van der Waals surface area contributed by atoms with Gasteiger partial charge in [-0.05, 0) is 42.7 Å². The number of nitrogens with zero attached hydrogens (tertiary/aromatic N) is 2. The molecule has 0 unspecified atom stereocenters. The normalized spacial score (nSPS) is 17.2. The molecule has 4 nitrogen and oxygen atoms in total. The molecule has 3 aromatic rings. The van der Waals surface area contributed by atoms with Gasteiger partial charge < -0.3 is 9.73 Å². The van der Waals surface area contributed by atoms with E-state index < -0.39 is 0 Å². The maximum atomic E-state index is 5.71. The summed E-state index contributed by atoms with van der Waals surface area (Å²) in [5, 5.41) is 3.82. The van der Waals surface area contributed by atoms with Crippen molar-refractivity contribution in [1.82, 2.24) is 15.2 Å². The van der Waals surface area contributed by atoms with Crippen molar-refractivity contribution in [3.8, 4) is 0 Å². The summed E-state index contributed by atoms with van der Waals surface area (Å²) in [7, 11) is 0. The standard InChI is InChI=1S/C22H25N3O/c1-2-7-18(8-3-1)22(21-10-6-16-26-21)24-19-11-14-25(15-12-19)17-20-9-4-5-13-23-20/h1-10,13,16,19,22,24H,11-12,14-15,17H2/t22-/m1/s1. The first-order chi connectivity index (χ1) is 12.9. The Kier molecular flexibility index (Phi) is 5.43. The number of piperidine rings is 1. The van der Waals surface area contributed by atoms with Crippen LogP contribution in [0, 0.1) is 0 Å². The zero-order chi connectivity index (χ0) is 17.6. The van der Waals surface area contributed by atoms with Gasteiger partial charge in [0.05, 0.1) is 18.0 Å². The molecule has 0 bridgehead atoms. The van der Waals surface area contributed by atoms with Crippen LogP contribution in [-0.2, 0) is 6.54 Å². The summed E-state index contributed by atoms with van der Waals surface area (Å²) in [4.78, 5) is 6.93. The van der Waals surface area contributed by atoms with Gasteiger partial charge in [0.1, 0.15) is 5.76 Å². The Morgan fingerprint density at radius 1 is 1.00 bits per heavy atom. The molecule has 4 heteroatoms. The highest BCUT2D eigenvalue weighted by atomic mass is 16.3. The van der Waals surface area contributed by atoms with Gasteiger partial charge >= 0.3 is 0 Å². The minimum atomic E-state index is 0.110. The molecule has 3 heterocycles. The fourth-order valence-electron chi connectivity index (χ4n) is 3.66. The fourth-order valence-corrected chi connectivity index (χ4v) is 3.66. The number of rotatable bonds is 6. The Balaban J connectivity index is 1.37. The monoisotopic (exact) mass is 347 g/mol. The molecular formula is C22H25N3O.